The zero-order valence-electron chi connectivity index (χ0n) is 15.0. The molecular formula is C18H24ClN5O2. The maximum Gasteiger partial charge on any atom is 0.235 e. The highest BCUT2D eigenvalue weighted by Crippen LogP contribution is 2.32. The van der Waals surface area contributed by atoms with Crippen LogP contribution in [0.3, 0.4) is 0 Å². The Kier molecular flexibility index (Phi) is 5.20. The first-order chi connectivity index (χ1) is 12.0. The van der Waals surface area contributed by atoms with E-state index in [9.17, 15) is 9.59 Å². The third-order valence-corrected chi connectivity index (χ3v) is 5.27. The van der Waals surface area contributed by atoms with Crippen molar-refractivity contribution >= 4 is 40.8 Å². The van der Waals surface area contributed by atoms with Crippen molar-refractivity contribution < 1.29 is 9.59 Å². The molecule has 0 saturated carbocycles. The molecule has 140 valence electrons. The first-order valence-corrected chi connectivity index (χ1v) is 8.82. The lowest BCUT2D eigenvalue weighted by atomic mass is 9.93. The number of amides is 2. The highest BCUT2D eigenvalue weighted by atomic mass is 35.5. The second-order valence-electron chi connectivity index (χ2n) is 6.96. The third kappa shape index (κ3) is 3.17. The summed E-state index contributed by atoms with van der Waals surface area (Å²) in [5.41, 5.74) is 2.96. The van der Waals surface area contributed by atoms with Crippen LogP contribution in [-0.4, -0.2) is 47.3 Å². The maximum atomic E-state index is 12.2. The number of nitrogens with one attached hydrogen (secondary N) is 2. The number of halogens is 1. The van der Waals surface area contributed by atoms with Gasteiger partial charge in [-0.3, -0.25) is 19.6 Å². The summed E-state index contributed by atoms with van der Waals surface area (Å²) in [6.45, 7) is 5.15. The molecular weight excluding hydrogens is 354 g/mol. The lowest BCUT2D eigenvalue weighted by Crippen LogP contribution is -2.49. The summed E-state index contributed by atoms with van der Waals surface area (Å²) in [6, 6.07) is 6.76. The monoisotopic (exact) mass is 377 g/mol. The number of piperazine rings is 1. The molecule has 2 aromatic rings. The van der Waals surface area contributed by atoms with Gasteiger partial charge in [-0.1, -0.05) is 0 Å². The Bertz CT molecular complexity index is 849. The van der Waals surface area contributed by atoms with Crippen molar-refractivity contribution in [1.82, 2.24) is 20.4 Å². The van der Waals surface area contributed by atoms with Crippen LogP contribution in [0.2, 0.25) is 0 Å². The number of rotatable bonds is 2. The molecule has 0 aliphatic carbocycles. The van der Waals surface area contributed by atoms with Crippen molar-refractivity contribution in [1.29, 1.82) is 0 Å². The molecule has 1 unspecified atom stereocenters. The van der Waals surface area contributed by atoms with Crippen molar-refractivity contribution in [3.63, 3.8) is 0 Å². The molecule has 26 heavy (non-hydrogen) atoms. The number of imide groups is 1. The van der Waals surface area contributed by atoms with E-state index in [0.717, 1.165) is 36.2 Å². The summed E-state index contributed by atoms with van der Waals surface area (Å²) in [5, 5.41) is 11.4. The summed E-state index contributed by atoms with van der Waals surface area (Å²) < 4.78 is 1.84. The van der Waals surface area contributed by atoms with E-state index >= 15 is 0 Å². The zero-order valence-corrected chi connectivity index (χ0v) is 15.8. The molecule has 0 spiro atoms. The van der Waals surface area contributed by atoms with E-state index in [1.807, 2.05) is 11.7 Å². The van der Waals surface area contributed by atoms with Crippen LogP contribution in [0.15, 0.2) is 18.2 Å². The third-order valence-electron chi connectivity index (χ3n) is 5.27. The van der Waals surface area contributed by atoms with Gasteiger partial charge in [0.15, 0.2) is 0 Å². The molecule has 1 aromatic heterocycles. The molecule has 2 aliphatic heterocycles. The van der Waals surface area contributed by atoms with Crippen LogP contribution >= 0.6 is 12.4 Å². The quantitative estimate of drug-likeness (QED) is 0.771. The molecule has 2 atom stereocenters. The fourth-order valence-electron chi connectivity index (χ4n) is 3.89. The standard InChI is InChI=1S/C18H23N5O2.ClH/c1-11-10-19-7-8-23(11)12-3-4-13-15(9-12)22(2)21-17(13)14-5-6-16(24)20-18(14)25;/h3-4,9,11,14,19H,5-8,10H2,1-2H3,(H,20,24,25);1H/t11-,14?;/m1./s1. The lowest BCUT2D eigenvalue weighted by Gasteiger charge is -2.36. The Balaban J connectivity index is 0.00000196. The van der Waals surface area contributed by atoms with Crippen molar-refractivity contribution in [2.75, 3.05) is 24.5 Å². The van der Waals surface area contributed by atoms with E-state index in [4.69, 9.17) is 0 Å². The minimum atomic E-state index is -0.356. The first-order valence-electron chi connectivity index (χ1n) is 8.82. The van der Waals surface area contributed by atoms with Crippen LogP contribution in [0, 0.1) is 0 Å². The second-order valence-corrected chi connectivity index (χ2v) is 6.96. The minimum Gasteiger partial charge on any atom is -0.366 e. The number of carbonyl (C=O) groups is 2. The number of hydrogen-bond donors (Lipinski definition) is 2. The molecule has 2 amide bonds. The number of fused-ring (bicyclic) bond motifs is 1. The summed E-state index contributed by atoms with van der Waals surface area (Å²) in [5.74, 6) is -0.794. The number of anilines is 1. The zero-order chi connectivity index (χ0) is 17.6. The largest absolute Gasteiger partial charge is 0.366 e. The fraction of sp³-hybridized carbons (Fsp3) is 0.500. The van der Waals surface area contributed by atoms with E-state index in [1.165, 1.54) is 5.69 Å². The number of carbonyl (C=O) groups excluding carboxylic acids is 2. The van der Waals surface area contributed by atoms with Crippen molar-refractivity contribution in [2.45, 2.75) is 31.7 Å². The Labute approximate surface area is 158 Å². The van der Waals surface area contributed by atoms with Crippen LogP contribution in [0.4, 0.5) is 5.69 Å². The number of benzene rings is 1. The molecule has 2 N–H and O–H groups in total. The van der Waals surface area contributed by atoms with E-state index in [0.29, 0.717) is 18.9 Å². The second kappa shape index (κ2) is 7.25. The number of piperidine rings is 1. The molecule has 2 saturated heterocycles. The average molecular weight is 378 g/mol. The van der Waals surface area contributed by atoms with Gasteiger partial charge in [0.1, 0.15) is 0 Å². The summed E-state index contributed by atoms with van der Waals surface area (Å²) in [4.78, 5) is 26.0. The van der Waals surface area contributed by atoms with Gasteiger partial charge < -0.3 is 10.2 Å². The molecule has 0 radical (unpaired) electrons. The summed E-state index contributed by atoms with van der Waals surface area (Å²) >= 11 is 0. The van der Waals surface area contributed by atoms with Crippen LogP contribution in [0.1, 0.15) is 31.4 Å². The Morgan fingerprint density at radius 3 is 2.81 bits per heavy atom. The molecule has 8 heteroatoms. The molecule has 2 fully saturated rings. The Hall–Kier alpha value is -2.12. The van der Waals surface area contributed by atoms with Crippen LogP contribution in [0.25, 0.3) is 10.9 Å². The molecule has 4 rings (SSSR count). The van der Waals surface area contributed by atoms with Gasteiger partial charge in [-0.25, -0.2) is 0 Å². The van der Waals surface area contributed by atoms with Gasteiger partial charge >= 0.3 is 0 Å². The van der Waals surface area contributed by atoms with E-state index in [-0.39, 0.29) is 30.1 Å². The van der Waals surface area contributed by atoms with Gasteiger partial charge in [0.25, 0.3) is 0 Å². The number of nitrogens with zero attached hydrogens (tertiary/aromatic N) is 3. The molecule has 1 aromatic carbocycles. The number of aromatic nitrogens is 2. The fourth-order valence-corrected chi connectivity index (χ4v) is 3.89. The minimum absolute atomic E-state index is 0. The lowest BCUT2D eigenvalue weighted by molar-refractivity contribution is -0.134. The van der Waals surface area contributed by atoms with Crippen LogP contribution in [-0.2, 0) is 16.6 Å². The molecule has 3 heterocycles. The highest BCUT2D eigenvalue weighted by Gasteiger charge is 2.31. The van der Waals surface area contributed by atoms with Gasteiger partial charge in [0, 0.05) is 50.2 Å². The van der Waals surface area contributed by atoms with Gasteiger partial charge in [-0.2, -0.15) is 5.10 Å². The molecule has 7 nitrogen and oxygen atoms in total. The predicted octanol–water partition coefficient (Wildman–Crippen LogP) is 1.31. The highest BCUT2D eigenvalue weighted by molar-refractivity contribution is 6.02. The number of aryl methyl sites for hydroxylation is 1. The van der Waals surface area contributed by atoms with E-state index in [1.54, 1.807) is 0 Å². The smallest absolute Gasteiger partial charge is 0.235 e. The Morgan fingerprint density at radius 1 is 1.27 bits per heavy atom. The molecule has 0 bridgehead atoms. The van der Waals surface area contributed by atoms with Gasteiger partial charge in [0.2, 0.25) is 11.8 Å². The van der Waals surface area contributed by atoms with Crippen LogP contribution < -0.4 is 15.5 Å². The van der Waals surface area contributed by atoms with E-state index < -0.39 is 0 Å². The SMILES string of the molecule is C[C@@H]1CNCCN1c1ccc2c(C3CCC(=O)NC3=O)nn(C)c2c1.Cl. The van der Waals surface area contributed by atoms with Crippen molar-refractivity contribution in [2.24, 2.45) is 7.05 Å². The first kappa shape index (κ1) is 18.7. The van der Waals surface area contributed by atoms with Crippen molar-refractivity contribution in [3.05, 3.63) is 23.9 Å². The van der Waals surface area contributed by atoms with Gasteiger partial charge in [-0.05, 0) is 31.5 Å². The number of hydrogen-bond acceptors (Lipinski definition) is 5. The Morgan fingerprint density at radius 2 is 2.08 bits per heavy atom. The summed E-state index contributed by atoms with van der Waals surface area (Å²) in [6.07, 6.45) is 0.887. The molecule has 2 aliphatic rings. The van der Waals surface area contributed by atoms with E-state index in [2.05, 4.69) is 45.8 Å². The normalized spacial score (nSPS) is 23.7. The van der Waals surface area contributed by atoms with Gasteiger partial charge in [-0.15, -0.1) is 12.4 Å². The average Bonchev–Trinajstić information content (AvgIpc) is 2.91. The topological polar surface area (TPSA) is 79.3 Å². The van der Waals surface area contributed by atoms with Crippen LogP contribution in [0.5, 0.6) is 0 Å². The predicted molar refractivity (Wildman–Crippen MR) is 103 cm³/mol. The van der Waals surface area contributed by atoms with Gasteiger partial charge in [0.05, 0.1) is 17.1 Å². The maximum absolute atomic E-state index is 12.2. The van der Waals surface area contributed by atoms with Crippen molar-refractivity contribution in [3.8, 4) is 0 Å². The summed E-state index contributed by atoms with van der Waals surface area (Å²) in [7, 11) is 1.91.